The summed E-state index contributed by atoms with van der Waals surface area (Å²) in [4.78, 5) is 29.6. The molecule has 0 radical (unpaired) electrons. The third kappa shape index (κ3) is 3.21. The summed E-state index contributed by atoms with van der Waals surface area (Å²) in [5.74, 6) is 1.33. The second-order valence-corrected chi connectivity index (χ2v) is 9.04. The molecule has 3 heterocycles. The maximum absolute atomic E-state index is 13.1. The van der Waals surface area contributed by atoms with Crippen molar-refractivity contribution < 1.29 is 14.0 Å². The molecule has 2 saturated heterocycles. The Morgan fingerprint density at radius 2 is 1.69 bits per heavy atom. The van der Waals surface area contributed by atoms with Gasteiger partial charge in [-0.25, -0.2) is 0 Å². The van der Waals surface area contributed by atoms with Crippen LogP contribution >= 0.6 is 11.8 Å². The summed E-state index contributed by atoms with van der Waals surface area (Å²) in [6.07, 6.45) is 3.10. The van der Waals surface area contributed by atoms with Crippen LogP contribution in [0, 0.1) is 0 Å². The van der Waals surface area contributed by atoms with Crippen molar-refractivity contribution in [3.8, 4) is 0 Å². The molecule has 1 spiro atoms. The summed E-state index contributed by atoms with van der Waals surface area (Å²) in [5, 5.41) is 2.21. The quantitative estimate of drug-likeness (QED) is 0.638. The van der Waals surface area contributed by atoms with Gasteiger partial charge in [-0.15, -0.1) is 11.8 Å². The highest BCUT2D eigenvalue weighted by Gasteiger charge is 2.47. The van der Waals surface area contributed by atoms with Crippen molar-refractivity contribution in [2.75, 3.05) is 25.4 Å². The highest BCUT2D eigenvalue weighted by molar-refractivity contribution is 8.00. The van der Waals surface area contributed by atoms with E-state index in [2.05, 4.69) is 6.07 Å². The molecular weight excluding hydrogens is 384 g/mol. The molecule has 0 bridgehead atoms. The molecule has 6 heteroatoms. The Hall–Kier alpha value is -2.73. The number of carbonyl (C=O) groups excluding carboxylic acids is 2. The maximum atomic E-state index is 13.1. The smallest absolute Gasteiger partial charge is 0.290 e. The lowest BCUT2D eigenvalue weighted by atomic mass is 10.00. The van der Waals surface area contributed by atoms with Gasteiger partial charge in [-0.1, -0.05) is 30.3 Å². The van der Waals surface area contributed by atoms with E-state index in [-0.39, 0.29) is 16.7 Å². The number of nitrogens with zero attached hydrogens (tertiary/aromatic N) is 2. The van der Waals surface area contributed by atoms with Gasteiger partial charge in [0.15, 0.2) is 5.76 Å². The highest BCUT2D eigenvalue weighted by Crippen LogP contribution is 2.44. The van der Waals surface area contributed by atoms with E-state index >= 15 is 0 Å². The average molecular weight is 407 g/mol. The fraction of sp³-hybridized carbons (Fsp3) is 0.304. The molecule has 5 nitrogen and oxygen atoms in total. The van der Waals surface area contributed by atoms with Crippen molar-refractivity contribution in [2.45, 2.75) is 17.7 Å². The second-order valence-electron chi connectivity index (χ2n) is 7.58. The predicted molar refractivity (Wildman–Crippen MR) is 114 cm³/mol. The number of amides is 2. The molecule has 5 rings (SSSR count). The van der Waals surface area contributed by atoms with Gasteiger partial charge in [0.05, 0.1) is 11.1 Å². The molecule has 29 heavy (non-hydrogen) atoms. The number of piperidine rings is 1. The van der Waals surface area contributed by atoms with Gasteiger partial charge in [0.25, 0.3) is 11.8 Å². The standard InChI is InChI=1S/C23H22N2O3S/c26-21(19-8-7-17-4-1-2-5-18(17)16-19)24-11-9-23(10-12-24)25(13-15-29-23)22(27)20-6-3-14-28-20/h1-8,14,16H,9-13,15H2. The molecule has 2 fully saturated rings. The molecule has 148 valence electrons. The fourth-order valence-electron chi connectivity index (χ4n) is 4.41. The topological polar surface area (TPSA) is 53.8 Å². The number of rotatable bonds is 2. The van der Waals surface area contributed by atoms with Gasteiger partial charge < -0.3 is 14.2 Å². The number of benzene rings is 2. The van der Waals surface area contributed by atoms with Crippen molar-refractivity contribution in [2.24, 2.45) is 0 Å². The number of hydrogen-bond acceptors (Lipinski definition) is 4. The lowest BCUT2D eigenvalue weighted by Gasteiger charge is -2.43. The molecule has 2 aliphatic rings. The maximum Gasteiger partial charge on any atom is 0.290 e. The first-order valence-corrected chi connectivity index (χ1v) is 10.9. The van der Waals surface area contributed by atoms with Crippen LogP contribution in [0.1, 0.15) is 33.8 Å². The molecule has 0 N–H and O–H groups in total. The van der Waals surface area contributed by atoms with Crippen LogP contribution in [0.25, 0.3) is 10.8 Å². The number of likely N-dealkylation sites (tertiary alicyclic amines) is 1. The van der Waals surface area contributed by atoms with Gasteiger partial charge in [-0.05, 0) is 47.9 Å². The third-order valence-corrected chi connectivity index (χ3v) is 7.54. The van der Waals surface area contributed by atoms with Crippen molar-refractivity contribution in [3.63, 3.8) is 0 Å². The molecule has 1 aromatic heterocycles. The van der Waals surface area contributed by atoms with Gasteiger partial charge in [0.2, 0.25) is 0 Å². The van der Waals surface area contributed by atoms with E-state index in [4.69, 9.17) is 4.42 Å². The first-order valence-electron chi connectivity index (χ1n) is 9.94. The van der Waals surface area contributed by atoms with Crippen molar-refractivity contribution in [1.82, 2.24) is 9.80 Å². The van der Waals surface area contributed by atoms with Crippen LogP contribution in [-0.4, -0.2) is 51.9 Å². The zero-order valence-electron chi connectivity index (χ0n) is 16.0. The Balaban J connectivity index is 1.31. The molecule has 0 unspecified atom stereocenters. The van der Waals surface area contributed by atoms with E-state index < -0.39 is 0 Å². The van der Waals surface area contributed by atoms with Gasteiger partial charge in [0.1, 0.15) is 0 Å². The Bertz CT molecular complexity index is 1050. The Morgan fingerprint density at radius 1 is 0.897 bits per heavy atom. The molecular formula is C23H22N2O3S. The van der Waals surface area contributed by atoms with Crippen molar-refractivity contribution in [3.05, 3.63) is 72.2 Å². The molecule has 2 aromatic carbocycles. The number of furan rings is 1. The fourth-order valence-corrected chi connectivity index (χ4v) is 5.86. The minimum Gasteiger partial charge on any atom is -0.459 e. The summed E-state index contributed by atoms with van der Waals surface area (Å²) in [5.41, 5.74) is 0.724. The van der Waals surface area contributed by atoms with E-state index in [1.54, 1.807) is 12.1 Å². The summed E-state index contributed by atoms with van der Waals surface area (Å²) in [6.45, 7) is 2.03. The first-order chi connectivity index (χ1) is 14.2. The van der Waals surface area contributed by atoms with Crippen molar-refractivity contribution in [1.29, 1.82) is 0 Å². The molecule has 0 aliphatic carbocycles. The lowest BCUT2D eigenvalue weighted by molar-refractivity contribution is 0.0477. The Labute approximate surface area is 173 Å². The lowest BCUT2D eigenvalue weighted by Crippen LogP contribution is -2.53. The number of thioether (sulfide) groups is 1. The van der Waals surface area contributed by atoms with Gasteiger partial charge in [-0.3, -0.25) is 9.59 Å². The number of hydrogen-bond donors (Lipinski definition) is 0. The molecule has 0 saturated carbocycles. The number of carbonyl (C=O) groups is 2. The normalized spacial score (nSPS) is 18.5. The molecule has 3 aromatic rings. The van der Waals surface area contributed by atoms with Crippen molar-refractivity contribution >= 4 is 34.3 Å². The largest absolute Gasteiger partial charge is 0.459 e. The van der Waals surface area contributed by atoms with Crippen LogP contribution in [0.2, 0.25) is 0 Å². The third-order valence-electron chi connectivity index (χ3n) is 5.98. The highest BCUT2D eigenvalue weighted by atomic mass is 32.2. The SMILES string of the molecule is O=C(c1ccc2ccccc2c1)N1CCC2(CC1)SCCN2C(=O)c1ccco1. The van der Waals surface area contributed by atoms with Gasteiger partial charge in [0, 0.05) is 31.0 Å². The summed E-state index contributed by atoms with van der Waals surface area (Å²) in [6, 6.07) is 17.4. The summed E-state index contributed by atoms with van der Waals surface area (Å²) in [7, 11) is 0. The van der Waals surface area contributed by atoms with E-state index in [1.165, 1.54) is 6.26 Å². The van der Waals surface area contributed by atoms with Crippen LogP contribution < -0.4 is 0 Å². The zero-order valence-corrected chi connectivity index (χ0v) is 16.9. The molecule has 0 atom stereocenters. The van der Waals surface area contributed by atoms with Crippen LogP contribution in [0.4, 0.5) is 0 Å². The van der Waals surface area contributed by atoms with E-state index in [0.29, 0.717) is 18.8 Å². The van der Waals surface area contributed by atoms with Crippen LogP contribution in [0.3, 0.4) is 0 Å². The minimum absolute atomic E-state index is 0.0469. The Kier molecular flexibility index (Phi) is 4.59. The average Bonchev–Trinajstić information content (AvgIpc) is 3.44. The van der Waals surface area contributed by atoms with E-state index in [9.17, 15) is 9.59 Å². The van der Waals surface area contributed by atoms with Crippen LogP contribution in [-0.2, 0) is 0 Å². The van der Waals surface area contributed by atoms with Crippen LogP contribution in [0.5, 0.6) is 0 Å². The summed E-state index contributed by atoms with van der Waals surface area (Å²) >= 11 is 1.84. The Morgan fingerprint density at radius 3 is 2.45 bits per heavy atom. The minimum atomic E-state index is -0.232. The second kappa shape index (κ2) is 7.26. The zero-order chi connectivity index (χ0) is 19.8. The summed E-state index contributed by atoms with van der Waals surface area (Å²) < 4.78 is 5.33. The molecule has 2 amide bonds. The van der Waals surface area contributed by atoms with Crippen LogP contribution in [0.15, 0.2) is 65.3 Å². The molecule has 2 aliphatic heterocycles. The first kappa shape index (κ1) is 18.3. The van der Waals surface area contributed by atoms with Gasteiger partial charge >= 0.3 is 0 Å². The predicted octanol–water partition coefficient (Wildman–Crippen LogP) is 4.25. The van der Waals surface area contributed by atoms with E-state index in [0.717, 1.165) is 41.5 Å². The monoisotopic (exact) mass is 406 g/mol. The van der Waals surface area contributed by atoms with E-state index in [1.807, 2.05) is 58.0 Å². The van der Waals surface area contributed by atoms with Gasteiger partial charge in [-0.2, -0.15) is 0 Å². The number of fused-ring (bicyclic) bond motifs is 1.